The highest BCUT2D eigenvalue weighted by molar-refractivity contribution is 7.98. The topological polar surface area (TPSA) is 57.8 Å². The van der Waals surface area contributed by atoms with Crippen molar-refractivity contribution in [3.8, 4) is 0 Å². The molecule has 2 heterocycles. The quantitative estimate of drug-likeness (QED) is 0.417. The van der Waals surface area contributed by atoms with Gasteiger partial charge in [-0.15, -0.1) is 11.8 Å². The molecule has 0 radical (unpaired) electrons. The predicted octanol–water partition coefficient (Wildman–Crippen LogP) is 5.48. The van der Waals surface area contributed by atoms with Crippen molar-refractivity contribution in [2.24, 2.45) is 0 Å². The maximum absolute atomic E-state index is 13.6. The summed E-state index contributed by atoms with van der Waals surface area (Å²) in [6, 6.07) is 18.2. The highest BCUT2D eigenvalue weighted by Crippen LogP contribution is 2.25. The number of carbonyl (C=O) groups excluding carboxylic acids is 1. The van der Waals surface area contributed by atoms with Crippen molar-refractivity contribution in [2.45, 2.75) is 24.1 Å². The summed E-state index contributed by atoms with van der Waals surface area (Å²) in [6.45, 7) is 1.90. The Morgan fingerprint density at radius 2 is 2.03 bits per heavy atom. The van der Waals surface area contributed by atoms with E-state index in [4.69, 9.17) is 0 Å². The fraction of sp³-hybridized carbons (Fsp3) is 0.130. The Kier molecular flexibility index (Phi) is 5.62. The predicted molar refractivity (Wildman–Crippen MR) is 116 cm³/mol. The van der Waals surface area contributed by atoms with Gasteiger partial charge >= 0.3 is 0 Å². The second kappa shape index (κ2) is 8.49. The van der Waals surface area contributed by atoms with E-state index in [1.807, 2.05) is 49.4 Å². The number of thioether (sulfide) groups is 1. The zero-order valence-corrected chi connectivity index (χ0v) is 16.7. The maximum atomic E-state index is 13.6. The lowest BCUT2D eigenvalue weighted by atomic mass is 10.1. The van der Waals surface area contributed by atoms with E-state index in [1.54, 1.807) is 24.0 Å². The number of halogens is 1. The number of aromatic amines is 1. The first kappa shape index (κ1) is 19.2. The minimum absolute atomic E-state index is 0.132. The molecule has 146 valence electrons. The van der Waals surface area contributed by atoms with E-state index < -0.39 is 0 Å². The fourth-order valence-corrected chi connectivity index (χ4v) is 4.08. The fourth-order valence-electron chi connectivity index (χ4n) is 3.28. The van der Waals surface area contributed by atoms with Crippen molar-refractivity contribution in [3.05, 3.63) is 89.5 Å². The van der Waals surface area contributed by atoms with E-state index in [0.29, 0.717) is 0 Å². The molecule has 4 nitrogen and oxygen atoms in total. The summed E-state index contributed by atoms with van der Waals surface area (Å²) in [6.07, 6.45) is 1.96. The second-order valence-electron chi connectivity index (χ2n) is 6.80. The Bertz CT molecular complexity index is 1160. The van der Waals surface area contributed by atoms with Gasteiger partial charge in [0, 0.05) is 34.2 Å². The molecule has 4 rings (SSSR count). The van der Waals surface area contributed by atoms with Gasteiger partial charge in [0.25, 0.3) is 0 Å². The summed E-state index contributed by atoms with van der Waals surface area (Å²) in [4.78, 5) is 20.1. The monoisotopic (exact) mass is 405 g/mol. The molecule has 0 aliphatic heterocycles. The average Bonchev–Trinajstić information content (AvgIpc) is 3.02. The number of aryl methyl sites for hydroxylation is 1. The lowest BCUT2D eigenvalue weighted by Gasteiger charge is -2.08. The summed E-state index contributed by atoms with van der Waals surface area (Å²) >= 11 is 1.65. The van der Waals surface area contributed by atoms with Crippen LogP contribution in [0, 0.1) is 12.7 Å². The molecule has 0 aliphatic carbocycles. The lowest BCUT2D eigenvalue weighted by molar-refractivity contribution is -0.115. The molecule has 0 atom stereocenters. The molecular weight excluding hydrogens is 385 g/mol. The van der Waals surface area contributed by atoms with Crippen molar-refractivity contribution >= 4 is 34.3 Å². The van der Waals surface area contributed by atoms with E-state index in [1.165, 1.54) is 12.1 Å². The van der Waals surface area contributed by atoms with Crippen LogP contribution >= 0.6 is 11.8 Å². The van der Waals surface area contributed by atoms with Crippen molar-refractivity contribution in [3.63, 3.8) is 0 Å². The largest absolute Gasteiger partial charge is 0.358 e. The Morgan fingerprint density at radius 1 is 1.14 bits per heavy atom. The number of H-pyrrole nitrogens is 1. The molecule has 6 heteroatoms. The van der Waals surface area contributed by atoms with E-state index in [0.717, 1.165) is 44.2 Å². The summed E-state index contributed by atoms with van der Waals surface area (Å²) in [5, 5.41) is 4.66. The van der Waals surface area contributed by atoms with Crippen LogP contribution in [0.15, 0.2) is 71.9 Å². The lowest BCUT2D eigenvalue weighted by Crippen LogP contribution is -2.14. The molecule has 2 aromatic carbocycles. The van der Waals surface area contributed by atoms with Crippen LogP contribution in [0.3, 0.4) is 0 Å². The number of hydrogen-bond donors (Lipinski definition) is 2. The molecule has 0 saturated carbocycles. The van der Waals surface area contributed by atoms with Crippen LogP contribution in [0.4, 0.5) is 10.1 Å². The van der Waals surface area contributed by atoms with Gasteiger partial charge in [0.1, 0.15) is 5.82 Å². The first-order valence-corrected chi connectivity index (χ1v) is 10.3. The number of amides is 1. The van der Waals surface area contributed by atoms with Gasteiger partial charge in [0.05, 0.1) is 11.4 Å². The molecule has 2 N–H and O–H groups in total. The summed E-state index contributed by atoms with van der Waals surface area (Å²) in [5.41, 5.74) is 4.38. The van der Waals surface area contributed by atoms with Gasteiger partial charge in [0.15, 0.2) is 0 Å². The third-order valence-electron chi connectivity index (χ3n) is 4.65. The van der Waals surface area contributed by atoms with Gasteiger partial charge in [-0.05, 0) is 60.5 Å². The van der Waals surface area contributed by atoms with Gasteiger partial charge < -0.3 is 10.3 Å². The third kappa shape index (κ3) is 4.66. The number of fused-ring (bicyclic) bond motifs is 1. The van der Waals surface area contributed by atoms with Crippen LogP contribution in [-0.2, 0) is 17.0 Å². The Morgan fingerprint density at radius 3 is 2.86 bits per heavy atom. The summed E-state index contributed by atoms with van der Waals surface area (Å²) < 4.78 is 13.6. The standard InChI is InChI=1S/C23H20FN3OS/c1-15-19(20-12-17(24)8-9-21(20)26-15)13-22(28)27-18-6-4-5-16(11-18)14-29-23-7-2-3-10-25-23/h2-12,26H,13-14H2,1H3,(H,27,28). The van der Waals surface area contributed by atoms with Gasteiger partial charge in [0.2, 0.25) is 5.91 Å². The number of anilines is 1. The van der Waals surface area contributed by atoms with Crippen molar-refractivity contribution in [1.82, 2.24) is 9.97 Å². The molecule has 4 aromatic rings. The van der Waals surface area contributed by atoms with Crippen LogP contribution in [0.25, 0.3) is 10.9 Å². The van der Waals surface area contributed by atoms with E-state index >= 15 is 0 Å². The molecule has 0 saturated heterocycles. The van der Waals surface area contributed by atoms with Gasteiger partial charge in [-0.2, -0.15) is 0 Å². The van der Waals surface area contributed by atoms with E-state index in [-0.39, 0.29) is 18.1 Å². The highest BCUT2D eigenvalue weighted by atomic mass is 32.2. The van der Waals surface area contributed by atoms with E-state index in [2.05, 4.69) is 15.3 Å². The molecule has 1 amide bonds. The molecule has 0 unspecified atom stereocenters. The smallest absolute Gasteiger partial charge is 0.228 e. The van der Waals surface area contributed by atoms with Crippen LogP contribution < -0.4 is 5.32 Å². The van der Waals surface area contributed by atoms with Crippen molar-refractivity contribution < 1.29 is 9.18 Å². The maximum Gasteiger partial charge on any atom is 0.228 e. The van der Waals surface area contributed by atoms with Crippen LogP contribution in [0.5, 0.6) is 0 Å². The summed E-state index contributed by atoms with van der Waals surface area (Å²) in [7, 11) is 0. The minimum atomic E-state index is -0.309. The molecule has 0 bridgehead atoms. The zero-order valence-electron chi connectivity index (χ0n) is 15.9. The first-order valence-electron chi connectivity index (χ1n) is 9.28. The van der Waals surface area contributed by atoms with Crippen molar-refractivity contribution in [1.29, 1.82) is 0 Å². The Hall–Kier alpha value is -3.12. The molecular formula is C23H20FN3OS. The number of nitrogens with zero attached hydrogens (tertiary/aromatic N) is 1. The molecule has 0 fully saturated rings. The average molecular weight is 405 g/mol. The number of benzene rings is 2. The van der Waals surface area contributed by atoms with Crippen LogP contribution in [0.1, 0.15) is 16.8 Å². The normalized spacial score (nSPS) is 11.0. The SMILES string of the molecule is Cc1[nH]c2ccc(F)cc2c1CC(=O)Nc1cccc(CSc2ccccn2)c1. The Balaban J connectivity index is 1.44. The number of rotatable bonds is 6. The molecule has 0 spiro atoms. The summed E-state index contributed by atoms with van der Waals surface area (Å²) in [5.74, 6) is 0.325. The number of nitrogens with one attached hydrogen (secondary N) is 2. The number of carbonyl (C=O) groups is 1. The Labute approximate surface area is 172 Å². The highest BCUT2D eigenvalue weighted by Gasteiger charge is 2.13. The second-order valence-corrected chi connectivity index (χ2v) is 7.80. The number of hydrogen-bond acceptors (Lipinski definition) is 3. The van der Waals surface area contributed by atoms with Gasteiger partial charge in [-0.1, -0.05) is 18.2 Å². The van der Waals surface area contributed by atoms with Crippen molar-refractivity contribution in [2.75, 3.05) is 5.32 Å². The number of pyridine rings is 1. The van der Waals surface area contributed by atoms with Gasteiger partial charge in [-0.3, -0.25) is 4.79 Å². The van der Waals surface area contributed by atoms with Crippen LogP contribution in [-0.4, -0.2) is 15.9 Å². The van der Waals surface area contributed by atoms with E-state index in [9.17, 15) is 9.18 Å². The zero-order chi connectivity index (χ0) is 20.2. The molecule has 29 heavy (non-hydrogen) atoms. The minimum Gasteiger partial charge on any atom is -0.358 e. The van der Waals surface area contributed by atoms with Gasteiger partial charge in [-0.25, -0.2) is 9.37 Å². The van der Waals surface area contributed by atoms with Crippen LogP contribution in [0.2, 0.25) is 0 Å². The number of aromatic nitrogens is 2. The molecule has 2 aromatic heterocycles. The molecule has 0 aliphatic rings. The third-order valence-corrected chi connectivity index (χ3v) is 5.67. The first-order chi connectivity index (χ1) is 14.1.